The molecule has 1 rings (SSSR count). The first-order valence-corrected chi connectivity index (χ1v) is 5.03. The predicted molar refractivity (Wildman–Crippen MR) is 54.5 cm³/mol. The quantitative estimate of drug-likeness (QED) is 0.719. The van der Waals surface area contributed by atoms with Crippen LogP contribution in [0.5, 0.6) is 5.75 Å². The molecule has 68 valence electrons. The van der Waals surface area contributed by atoms with Gasteiger partial charge in [-0.3, -0.25) is 0 Å². The highest BCUT2D eigenvalue weighted by molar-refractivity contribution is 8.19. The van der Waals surface area contributed by atoms with Crippen molar-refractivity contribution in [3.63, 3.8) is 0 Å². The topological polar surface area (TPSA) is 26.3 Å². The van der Waals surface area contributed by atoms with Crippen LogP contribution in [0, 0.1) is 6.92 Å². The Bertz CT molecular complexity index is 298. The van der Waals surface area contributed by atoms with Crippen molar-refractivity contribution in [2.75, 3.05) is 0 Å². The second-order valence-electron chi connectivity index (χ2n) is 2.10. The lowest BCUT2D eigenvalue weighted by molar-refractivity contribution is 0.536. The molecule has 5 heteroatoms. The molecule has 0 fully saturated rings. The van der Waals surface area contributed by atoms with Crippen LogP contribution in [0.3, 0.4) is 0 Å². The molecule has 0 spiro atoms. The van der Waals surface area contributed by atoms with Crippen LogP contribution in [0.2, 0.25) is 0 Å². The number of rotatable bonds is 2. The summed E-state index contributed by atoms with van der Waals surface area (Å²) in [5.41, 5.74) is 1.13. The SMILES string of the molecule is Cc1ccc(O[S-](=O)=S)cc1.Cl. The highest BCUT2D eigenvalue weighted by atomic mass is 35.5. The van der Waals surface area contributed by atoms with E-state index in [2.05, 4.69) is 11.2 Å². The van der Waals surface area contributed by atoms with Gasteiger partial charge < -0.3 is 8.39 Å². The van der Waals surface area contributed by atoms with E-state index in [0.29, 0.717) is 5.75 Å². The highest BCUT2D eigenvalue weighted by Gasteiger charge is 1.85. The van der Waals surface area contributed by atoms with Gasteiger partial charge in [0.2, 0.25) is 0 Å². The molecule has 1 aromatic rings. The monoisotopic (exact) mass is 223 g/mol. The second kappa shape index (κ2) is 5.35. The predicted octanol–water partition coefficient (Wildman–Crippen LogP) is 2.14. The molecule has 0 saturated carbocycles. The summed E-state index contributed by atoms with van der Waals surface area (Å²) in [5.74, 6) is 0.545. The fourth-order valence-electron chi connectivity index (χ4n) is 0.672. The van der Waals surface area contributed by atoms with Crippen molar-refractivity contribution < 1.29 is 8.39 Å². The first-order chi connectivity index (χ1) is 5.18. The maximum absolute atomic E-state index is 10.4. The van der Waals surface area contributed by atoms with Gasteiger partial charge in [-0.25, -0.2) is 0 Å². The van der Waals surface area contributed by atoms with E-state index in [9.17, 15) is 4.21 Å². The molecule has 0 saturated heterocycles. The molecule has 0 unspecified atom stereocenters. The minimum absolute atomic E-state index is 0. The van der Waals surface area contributed by atoms with Gasteiger partial charge in [0.05, 0.1) is 5.75 Å². The normalized spacial score (nSPS) is 9.17. The van der Waals surface area contributed by atoms with Gasteiger partial charge in [-0.1, -0.05) is 17.7 Å². The molecule has 12 heavy (non-hydrogen) atoms. The first kappa shape index (κ1) is 11.7. The first-order valence-electron chi connectivity index (χ1n) is 3.03. The summed E-state index contributed by atoms with van der Waals surface area (Å²) in [4.78, 5) is 0. The number of hydrogen-bond donors (Lipinski definition) is 0. The highest BCUT2D eigenvalue weighted by Crippen LogP contribution is 2.10. The lowest BCUT2D eigenvalue weighted by atomic mass is 10.2. The van der Waals surface area contributed by atoms with E-state index >= 15 is 0 Å². The third kappa shape index (κ3) is 3.90. The molecule has 0 aromatic heterocycles. The second-order valence-corrected chi connectivity index (χ2v) is 3.49. The molecular formula is C7H8ClO2S2-. The van der Waals surface area contributed by atoms with Crippen molar-refractivity contribution in [2.45, 2.75) is 6.92 Å². The van der Waals surface area contributed by atoms with E-state index in [1.807, 2.05) is 19.1 Å². The minimum atomic E-state index is -1.64. The van der Waals surface area contributed by atoms with Gasteiger partial charge in [-0.2, -0.15) is 11.2 Å². The van der Waals surface area contributed by atoms with Gasteiger partial charge in [0.1, 0.15) is 0 Å². The van der Waals surface area contributed by atoms with Crippen LogP contribution in [0.1, 0.15) is 5.56 Å². The van der Waals surface area contributed by atoms with E-state index in [4.69, 9.17) is 4.18 Å². The van der Waals surface area contributed by atoms with Gasteiger partial charge in [0.15, 0.2) is 0 Å². The molecule has 1 aromatic carbocycles. The van der Waals surface area contributed by atoms with Crippen LogP contribution < -0.4 is 4.18 Å². The number of benzene rings is 1. The fraction of sp³-hybridized carbons (Fsp3) is 0.143. The zero-order valence-electron chi connectivity index (χ0n) is 6.35. The maximum atomic E-state index is 10.4. The summed E-state index contributed by atoms with van der Waals surface area (Å²) in [6, 6.07) is 7.22. The third-order valence-electron chi connectivity index (χ3n) is 1.19. The smallest absolute Gasteiger partial charge is 0.0999 e. The Labute approximate surface area is 84.3 Å². The Morgan fingerprint density at radius 2 is 1.83 bits per heavy atom. The van der Waals surface area contributed by atoms with Crippen molar-refractivity contribution in [3.05, 3.63) is 29.8 Å². The van der Waals surface area contributed by atoms with Gasteiger partial charge in [0, 0.05) is 0 Å². The van der Waals surface area contributed by atoms with E-state index < -0.39 is 9.64 Å². The summed E-state index contributed by atoms with van der Waals surface area (Å²) in [6.07, 6.45) is 0. The summed E-state index contributed by atoms with van der Waals surface area (Å²) in [5, 5.41) is 0. The van der Waals surface area contributed by atoms with Crippen LogP contribution in [-0.4, -0.2) is 0 Å². The lowest BCUT2D eigenvalue weighted by Crippen LogP contribution is -1.86. The van der Waals surface area contributed by atoms with Gasteiger partial charge >= 0.3 is 0 Å². The van der Waals surface area contributed by atoms with Crippen molar-refractivity contribution in [2.24, 2.45) is 0 Å². The van der Waals surface area contributed by atoms with Crippen LogP contribution in [0.4, 0.5) is 0 Å². The van der Waals surface area contributed by atoms with E-state index in [-0.39, 0.29) is 12.4 Å². The molecule has 0 heterocycles. The van der Waals surface area contributed by atoms with Crippen molar-refractivity contribution in [1.29, 1.82) is 0 Å². The average Bonchev–Trinajstić information content (AvgIpc) is 1.93. The van der Waals surface area contributed by atoms with E-state index in [1.165, 1.54) is 0 Å². The molecule has 0 atom stereocenters. The molecule has 0 aliphatic rings. The zero-order valence-corrected chi connectivity index (χ0v) is 8.80. The molecule has 0 aliphatic heterocycles. The number of aryl methyl sites for hydroxylation is 1. The fourth-order valence-corrected chi connectivity index (χ4v) is 1.18. The van der Waals surface area contributed by atoms with Crippen molar-refractivity contribution in [1.82, 2.24) is 0 Å². The molecular weight excluding hydrogens is 216 g/mol. The standard InChI is InChI=1S/C7H7O2S2.ClH/c1-6-2-4-7(5-3-6)9-11(8)10;/h2-5H,1H3;1H/q-1;. The van der Waals surface area contributed by atoms with Crippen molar-refractivity contribution >= 4 is 33.2 Å². The molecule has 0 amide bonds. The number of hydrogen-bond acceptors (Lipinski definition) is 4. The molecule has 0 aliphatic carbocycles. The van der Waals surface area contributed by atoms with E-state index in [1.54, 1.807) is 12.1 Å². The van der Waals surface area contributed by atoms with Gasteiger partial charge in [-0.05, 0) is 28.7 Å². The maximum Gasteiger partial charge on any atom is 0.0999 e. The summed E-state index contributed by atoms with van der Waals surface area (Å²) < 4.78 is 15.2. The summed E-state index contributed by atoms with van der Waals surface area (Å²) in [7, 11) is -1.64. The van der Waals surface area contributed by atoms with Crippen LogP contribution in [0.15, 0.2) is 24.3 Å². The Morgan fingerprint density at radius 1 is 1.33 bits per heavy atom. The lowest BCUT2D eigenvalue weighted by Gasteiger charge is -2.06. The Hall–Kier alpha value is -0.320. The van der Waals surface area contributed by atoms with Gasteiger partial charge in [-0.15, -0.1) is 12.4 Å². The van der Waals surface area contributed by atoms with E-state index in [0.717, 1.165) is 5.56 Å². The Kier molecular flexibility index (Phi) is 5.20. The average molecular weight is 224 g/mol. The van der Waals surface area contributed by atoms with Crippen molar-refractivity contribution in [3.8, 4) is 5.75 Å². The Morgan fingerprint density at radius 3 is 2.25 bits per heavy atom. The zero-order chi connectivity index (χ0) is 8.27. The minimum Gasteiger partial charge on any atom is -0.551 e. The molecule has 0 bridgehead atoms. The summed E-state index contributed by atoms with van der Waals surface area (Å²) in [6.45, 7) is 1.97. The largest absolute Gasteiger partial charge is 0.551 e. The van der Waals surface area contributed by atoms with Crippen LogP contribution in [0.25, 0.3) is 0 Å². The molecule has 0 radical (unpaired) electrons. The third-order valence-corrected chi connectivity index (χ3v) is 1.72. The number of halogens is 1. The van der Waals surface area contributed by atoms with Gasteiger partial charge in [0.25, 0.3) is 0 Å². The van der Waals surface area contributed by atoms with Crippen LogP contribution >= 0.6 is 12.4 Å². The molecule has 0 N–H and O–H groups in total. The summed E-state index contributed by atoms with van der Waals surface area (Å²) >= 11 is 4.34. The Balaban J connectivity index is 0.00000121. The van der Waals surface area contributed by atoms with Crippen LogP contribution in [-0.2, 0) is 25.0 Å². The molecule has 2 nitrogen and oxygen atoms in total.